The zero-order valence-corrected chi connectivity index (χ0v) is 17.3. The SMILES string of the molecule is CC(NCC1CN(C(C)c2ccc(F)cc2)C(=O)CO1)c1cccc2ccccc12. The molecule has 5 heteroatoms. The van der Waals surface area contributed by atoms with Crippen LogP contribution in [-0.4, -0.2) is 36.6 Å². The molecule has 3 aromatic rings. The quantitative estimate of drug-likeness (QED) is 0.650. The Morgan fingerprint density at radius 2 is 1.80 bits per heavy atom. The third kappa shape index (κ3) is 4.37. The number of fused-ring (bicyclic) bond motifs is 1. The summed E-state index contributed by atoms with van der Waals surface area (Å²) in [7, 11) is 0. The first-order chi connectivity index (χ1) is 14.5. The van der Waals surface area contributed by atoms with Crippen LogP contribution in [0.1, 0.15) is 37.1 Å². The molecular weight excluding hydrogens is 379 g/mol. The van der Waals surface area contributed by atoms with Gasteiger partial charge in [0.2, 0.25) is 5.91 Å². The smallest absolute Gasteiger partial charge is 0.249 e. The van der Waals surface area contributed by atoms with Gasteiger partial charge in [0.25, 0.3) is 0 Å². The highest BCUT2D eigenvalue weighted by Crippen LogP contribution is 2.26. The summed E-state index contributed by atoms with van der Waals surface area (Å²) in [6, 6.07) is 21.1. The standard InChI is InChI=1S/C25H27FN2O2/c1-17(23-9-5-7-20-6-3-4-8-24(20)23)27-14-22-15-28(25(29)16-30-22)18(2)19-10-12-21(26)13-11-19/h3-13,17-18,22,27H,14-16H2,1-2H3. The zero-order valence-electron chi connectivity index (χ0n) is 17.3. The second-order valence-corrected chi connectivity index (χ2v) is 7.90. The van der Waals surface area contributed by atoms with E-state index >= 15 is 0 Å². The number of rotatable bonds is 6. The van der Waals surface area contributed by atoms with Crippen molar-refractivity contribution < 1.29 is 13.9 Å². The third-order valence-corrected chi connectivity index (χ3v) is 5.92. The molecule has 1 saturated heterocycles. The van der Waals surface area contributed by atoms with Crippen LogP contribution in [0.3, 0.4) is 0 Å². The number of hydrogen-bond acceptors (Lipinski definition) is 3. The van der Waals surface area contributed by atoms with Gasteiger partial charge in [-0.3, -0.25) is 4.79 Å². The highest BCUT2D eigenvalue weighted by molar-refractivity contribution is 5.86. The number of halogens is 1. The highest BCUT2D eigenvalue weighted by Gasteiger charge is 2.30. The van der Waals surface area contributed by atoms with Gasteiger partial charge in [-0.05, 0) is 47.9 Å². The fourth-order valence-corrected chi connectivity index (χ4v) is 4.11. The molecule has 4 nitrogen and oxygen atoms in total. The number of hydrogen-bond donors (Lipinski definition) is 1. The van der Waals surface area contributed by atoms with Crippen LogP contribution in [0.2, 0.25) is 0 Å². The van der Waals surface area contributed by atoms with Gasteiger partial charge in [-0.25, -0.2) is 4.39 Å². The number of amides is 1. The van der Waals surface area contributed by atoms with Crippen LogP contribution >= 0.6 is 0 Å². The molecule has 0 spiro atoms. The highest BCUT2D eigenvalue weighted by atomic mass is 19.1. The van der Waals surface area contributed by atoms with Gasteiger partial charge in [-0.15, -0.1) is 0 Å². The summed E-state index contributed by atoms with van der Waals surface area (Å²) in [4.78, 5) is 14.3. The third-order valence-electron chi connectivity index (χ3n) is 5.92. The molecule has 1 aliphatic rings. The second kappa shape index (κ2) is 8.94. The van der Waals surface area contributed by atoms with E-state index in [-0.39, 0.29) is 36.5 Å². The maximum Gasteiger partial charge on any atom is 0.249 e. The van der Waals surface area contributed by atoms with Crippen molar-refractivity contribution in [2.75, 3.05) is 19.7 Å². The van der Waals surface area contributed by atoms with Crippen molar-refractivity contribution in [2.45, 2.75) is 32.0 Å². The molecule has 3 aromatic carbocycles. The summed E-state index contributed by atoms with van der Waals surface area (Å²) in [5.41, 5.74) is 2.17. The van der Waals surface area contributed by atoms with E-state index in [1.165, 1.54) is 28.5 Å². The van der Waals surface area contributed by atoms with Gasteiger partial charge in [0.1, 0.15) is 12.4 Å². The van der Waals surface area contributed by atoms with E-state index in [0.29, 0.717) is 13.1 Å². The number of morpholine rings is 1. The fraction of sp³-hybridized carbons (Fsp3) is 0.320. The molecule has 1 amide bonds. The van der Waals surface area contributed by atoms with Crippen LogP contribution in [0.4, 0.5) is 4.39 Å². The minimum absolute atomic E-state index is 0.0369. The Hall–Kier alpha value is -2.76. The van der Waals surface area contributed by atoms with E-state index in [1.54, 1.807) is 12.1 Å². The Morgan fingerprint density at radius 1 is 1.07 bits per heavy atom. The van der Waals surface area contributed by atoms with E-state index in [2.05, 4.69) is 48.6 Å². The monoisotopic (exact) mass is 406 g/mol. The van der Waals surface area contributed by atoms with E-state index in [4.69, 9.17) is 4.74 Å². The van der Waals surface area contributed by atoms with Gasteiger partial charge in [0.05, 0.1) is 12.1 Å². The van der Waals surface area contributed by atoms with E-state index in [0.717, 1.165) is 5.56 Å². The predicted octanol–water partition coefficient (Wildman–Crippen LogP) is 4.62. The lowest BCUT2D eigenvalue weighted by atomic mass is 9.99. The minimum atomic E-state index is -0.274. The predicted molar refractivity (Wildman–Crippen MR) is 117 cm³/mol. The summed E-state index contributed by atoms with van der Waals surface area (Å²) in [6.07, 6.45) is -0.0944. The number of carbonyl (C=O) groups excluding carboxylic acids is 1. The van der Waals surface area contributed by atoms with Crippen LogP contribution in [0.25, 0.3) is 10.8 Å². The first-order valence-corrected chi connectivity index (χ1v) is 10.4. The Bertz CT molecular complexity index is 1020. The molecule has 1 N–H and O–H groups in total. The fourth-order valence-electron chi connectivity index (χ4n) is 4.11. The summed E-state index contributed by atoms with van der Waals surface area (Å²) in [6.45, 7) is 5.34. The van der Waals surface area contributed by atoms with Crippen molar-refractivity contribution in [1.82, 2.24) is 10.2 Å². The minimum Gasteiger partial charge on any atom is -0.365 e. The van der Waals surface area contributed by atoms with Gasteiger partial charge < -0.3 is 15.0 Å². The Kier molecular flexibility index (Phi) is 6.11. The number of carbonyl (C=O) groups is 1. The normalized spacial score (nSPS) is 19.1. The maximum absolute atomic E-state index is 13.2. The molecule has 1 fully saturated rings. The molecule has 30 heavy (non-hydrogen) atoms. The first kappa shape index (κ1) is 20.5. The lowest BCUT2D eigenvalue weighted by Gasteiger charge is -2.37. The molecular formula is C25H27FN2O2. The zero-order chi connectivity index (χ0) is 21.1. The molecule has 0 bridgehead atoms. The largest absolute Gasteiger partial charge is 0.365 e. The maximum atomic E-state index is 13.2. The molecule has 1 aliphatic heterocycles. The molecule has 3 unspecified atom stereocenters. The molecule has 3 atom stereocenters. The Labute approximate surface area is 176 Å². The molecule has 4 rings (SSSR count). The Balaban J connectivity index is 1.41. The lowest BCUT2D eigenvalue weighted by molar-refractivity contribution is -0.151. The second-order valence-electron chi connectivity index (χ2n) is 7.90. The van der Waals surface area contributed by atoms with Gasteiger partial charge in [0.15, 0.2) is 0 Å². The van der Waals surface area contributed by atoms with Crippen LogP contribution in [0, 0.1) is 5.82 Å². The average Bonchev–Trinajstić information content (AvgIpc) is 2.78. The summed E-state index contributed by atoms with van der Waals surface area (Å²) >= 11 is 0. The summed E-state index contributed by atoms with van der Waals surface area (Å²) < 4.78 is 19.0. The lowest BCUT2D eigenvalue weighted by Crippen LogP contribution is -2.50. The van der Waals surface area contributed by atoms with Crippen LogP contribution in [0.5, 0.6) is 0 Å². The van der Waals surface area contributed by atoms with Gasteiger partial charge in [-0.2, -0.15) is 0 Å². The number of nitrogens with one attached hydrogen (secondary N) is 1. The van der Waals surface area contributed by atoms with Crippen molar-refractivity contribution in [3.05, 3.63) is 83.7 Å². The van der Waals surface area contributed by atoms with Crippen molar-refractivity contribution in [3.63, 3.8) is 0 Å². The molecule has 0 saturated carbocycles. The van der Waals surface area contributed by atoms with Gasteiger partial charge in [-0.1, -0.05) is 54.6 Å². The van der Waals surface area contributed by atoms with Crippen molar-refractivity contribution in [2.24, 2.45) is 0 Å². The molecule has 0 aliphatic carbocycles. The van der Waals surface area contributed by atoms with Gasteiger partial charge >= 0.3 is 0 Å². The molecule has 1 heterocycles. The summed E-state index contributed by atoms with van der Waals surface area (Å²) in [5, 5.41) is 6.04. The van der Waals surface area contributed by atoms with Crippen LogP contribution in [0.15, 0.2) is 66.7 Å². The summed E-state index contributed by atoms with van der Waals surface area (Å²) in [5.74, 6) is -0.311. The Morgan fingerprint density at radius 3 is 2.60 bits per heavy atom. The number of ether oxygens (including phenoxy) is 1. The van der Waals surface area contributed by atoms with E-state index in [9.17, 15) is 9.18 Å². The topological polar surface area (TPSA) is 41.6 Å². The van der Waals surface area contributed by atoms with Gasteiger partial charge in [0, 0.05) is 19.1 Å². The van der Waals surface area contributed by atoms with E-state index < -0.39 is 0 Å². The van der Waals surface area contributed by atoms with Crippen LogP contribution in [-0.2, 0) is 9.53 Å². The van der Waals surface area contributed by atoms with Crippen molar-refractivity contribution >= 4 is 16.7 Å². The molecule has 156 valence electrons. The van der Waals surface area contributed by atoms with E-state index in [1.807, 2.05) is 17.9 Å². The number of benzene rings is 3. The first-order valence-electron chi connectivity index (χ1n) is 10.4. The van der Waals surface area contributed by atoms with Crippen molar-refractivity contribution in [1.29, 1.82) is 0 Å². The molecule has 0 aromatic heterocycles. The average molecular weight is 407 g/mol. The number of nitrogens with zero attached hydrogens (tertiary/aromatic N) is 1. The van der Waals surface area contributed by atoms with Crippen LogP contribution < -0.4 is 5.32 Å². The van der Waals surface area contributed by atoms with Crippen molar-refractivity contribution in [3.8, 4) is 0 Å². The molecule has 0 radical (unpaired) electrons.